The molecule has 29 heavy (non-hydrogen) atoms. The van der Waals surface area contributed by atoms with E-state index in [-0.39, 0.29) is 5.54 Å². The third-order valence-corrected chi connectivity index (χ3v) is 7.27. The predicted octanol–water partition coefficient (Wildman–Crippen LogP) is 3.37. The molecule has 3 aliphatic heterocycles. The summed E-state index contributed by atoms with van der Waals surface area (Å²) in [7, 11) is 0. The van der Waals surface area contributed by atoms with E-state index in [0.717, 1.165) is 57.8 Å². The molecule has 3 aliphatic rings. The Kier molecular flexibility index (Phi) is 5.15. The number of nitrogens with zero attached hydrogens (tertiary/aromatic N) is 2. The Bertz CT molecular complexity index is 832. The number of rotatable bonds is 4. The Morgan fingerprint density at radius 3 is 2.24 bits per heavy atom. The Labute approximate surface area is 173 Å². The Hall–Kier alpha value is -2.17. The summed E-state index contributed by atoms with van der Waals surface area (Å²) < 4.78 is 5.72. The number of hydrogen-bond acceptors (Lipinski definition) is 3. The maximum atomic E-state index is 13.4. The molecule has 0 aromatic heterocycles. The van der Waals surface area contributed by atoms with Crippen molar-refractivity contribution in [2.45, 2.75) is 31.3 Å². The van der Waals surface area contributed by atoms with Crippen molar-refractivity contribution < 1.29 is 9.53 Å². The molecule has 1 spiro atoms. The summed E-state index contributed by atoms with van der Waals surface area (Å²) in [5.74, 6) is 1.44. The van der Waals surface area contributed by atoms with Gasteiger partial charge in [-0.15, -0.1) is 0 Å². The van der Waals surface area contributed by atoms with Gasteiger partial charge < -0.3 is 9.64 Å². The Morgan fingerprint density at radius 1 is 0.897 bits per heavy atom. The van der Waals surface area contributed by atoms with Crippen LogP contribution in [0.3, 0.4) is 0 Å². The minimum Gasteiger partial charge on any atom is -0.381 e. The third-order valence-electron chi connectivity index (χ3n) is 7.27. The van der Waals surface area contributed by atoms with Gasteiger partial charge in [-0.25, -0.2) is 0 Å². The second kappa shape index (κ2) is 7.92. The molecule has 4 nitrogen and oxygen atoms in total. The lowest BCUT2D eigenvalue weighted by Gasteiger charge is -2.45. The zero-order valence-corrected chi connectivity index (χ0v) is 17.0. The van der Waals surface area contributed by atoms with E-state index >= 15 is 0 Å². The van der Waals surface area contributed by atoms with E-state index in [2.05, 4.69) is 52.3 Å². The lowest BCUT2D eigenvalue weighted by Crippen LogP contribution is -2.55. The smallest absolute Gasteiger partial charge is 0.227 e. The summed E-state index contributed by atoms with van der Waals surface area (Å²) in [4.78, 5) is 18.2. The molecule has 0 saturated carbocycles. The van der Waals surface area contributed by atoms with E-state index in [9.17, 15) is 4.79 Å². The number of carbonyl (C=O) groups is 1. The molecule has 152 valence electrons. The molecule has 0 N–H and O–H groups in total. The van der Waals surface area contributed by atoms with Gasteiger partial charge in [0, 0.05) is 45.3 Å². The first-order valence-electron chi connectivity index (χ1n) is 10.9. The summed E-state index contributed by atoms with van der Waals surface area (Å²) in [6.07, 6.45) is 2.47. The molecule has 2 atom stereocenters. The van der Waals surface area contributed by atoms with Crippen molar-refractivity contribution in [1.82, 2.24) is 9.80 Å². The largest absolute Gasteiger partial charge is 0.381 e. The van der Waals surface area contributed by atoms with E-state index < -0.39 is 0 Å². The summed E-state index contributed by atoms with van der Waals surface area (Å²) in [5.41, 5.74) is 2.48. The maximum absolute atomic E-state index is 13.4. The second-order valence-electron chi connectivity index (χ2n) is 8.93. The van der Waals surface area contributed by atoms with Gasteiger partial charge in [-0.2, -0.15) is 0 Å². The van der Waals surface area contributed by atoms with Crippen LogP contribution < -0.4 is 0 Å². The molecular weight excluding hydrogens is 360 g/mol. The monoisotopic (exact) mass is 390 g/mol. The summed E-state index contributed by atoms with van der Waals surface area (Å²) >= 11 is 0. The van der Waals surface area contributed by atoms with Crippen LogP contribution in [-0.2, 0) is 22.5 Å². The van der Waals surface area contributed by atoms with Gasteiger partial charge in [0.25, 0.3) is 0 Å². The number of ether oxygens (including phenoxy) is 1. The fraction of sp³-hybridized carbons (Fsp3) is 0.480. The Morgan fingerprint density at radius 2 is 1.55 bits per heavy atom. The van der Waals surface area contributed by atoms with Gasteiger partial charge >= 0.3 is 0 Å². The highest BCUT2D eigenvalue weighted by molar-refractivity contribution is 5.80. The van der Waals surface area contributed by atoms with Crippen LogP contribution in [0, 0.1) is 11.8 Å². The van der Waals surface area contributed by atoms with Gasteiger partial charge in [0.2, 0.25) is 5.91 Å². The SMILES string of the molecule is O=C(Cc1ccccc1)N1CC2CN(Cc3ccccc3)CC2C12CCOCC2. The third kappa shape index (κ3) is 3.60. The molecule has 1 amide bonds. The van der Waals surface area contributed by atoms with Crippen molar-refractivity contribution >= 4 is 5.91 Å². The standard InChI is InChI=1S/C25H30N2O2/c28-24(15-20-7-3-1-4-8-20)27-18-22-17-26(16-21-9-5-2-6-10-21)19-23(22)25(27)11-13-29-14-12-25/h1-10,22-23H,11-19H2. The summed E-state index contributed by atoms with van der Waals surface area (Å²) in [6, 6.07) is 20.9. The van der Waals surface area contributed by atoms with Gasteiger partial charge in [0.05, 0.1) is 12.0 Å². The second-order valence-corrected chi connectivity index (χ2v) is 8.93. The molecule has 3 heterocycles. The van der Waals surface area contributed by atoms with Crippen molar-refractivity contribution in [1.29, 1.82) is 0 Å². The first-order valence-corrected chi connectivity index (χ1v) is 10.9. The van der Waals surface area contributed by atoms with Crippen LogP contribution in [0.5, 0.6) is 0 Å². The van der Waals surface area contributed by atoms with Crippen LogP contribution >= 0.6 is 0 Å². The molecule has 0 radical (unpaired) electrons. The molecule has 2 aromatic carbocycles. The van der Waals surface area contributed by atoms with Gasteiger partial charge in [0.1, 0.15) is 0 Å². The predicted molar refractivity (Wildman–Crippen MR) is 113 cm³/mol. The number of likely N-dealkylation sites (tertiary alicyclic amines) is 2. The van der Waals surface area contributed by atoms with Crippen LogP contribution in [0.1, 0.15) is 24.0 Å². The molecule has 0 aliphatic carbocycles. The number of benzene rings is 2. The summed E-state index contributed by atoms with van der Waals surface area (Å²) in [6.45, 7) is 5.65. The van der Waals surface area contributed by atoms with Crippen LogP contribution in [-0.4, -0.2) is 54.1 Å². The van der Waals surface area contributed by atoms with Crippen LogP contribution in [0.4, 0.5) is 0 Å². The van der Waals surface area contributed by atoms with Gasteiger partial charge in [-0.3, -0.25) is 9.69 Å². The van der Waals surface area contributed by atoms with Crippen LogP contribution in [0.25, 0.3) is 0 Å². The summed E-state index contributed by atoms with van der Waals surface area (Å²) in [5, 5.41) is 0. The molecule has 2 aromatic rings. The van der Waals surface area contributed by atoms with Gasteiger partial charge in [-0.1, -0.05) is 60.7 Å². The van der Waals surface area contributed by atoms with Crippen molar-refractivity contribution in [3.63, 3.8) is 0 Å². The average Bonchev–Trinajstić information content (AvgIpc) is 3.28. The quantitative estimate of drug-likeness (QED) is 0.803. The molecule has 2 unspecified atom stereocenters. The highest BCUT2D eigenvalue weighted by atomic mass is 16.5. The molecule has 0 bridgehead atoms. The minimum atomic E-state index is -0.0137. The lowest BCUT2D eigenvalue weighted by atomic mass is 9.76. The van der Waals surface area contributed by atoms with Crippen molar-refractivity contribution in [2.75, 3.05) is 32.8 Å². The highest BCUT2D eigenvalue weighted by Gasteiger charge is 2.58. The molecular formula is C25H30N2O2. The molecule has 3 fully saturated rings. The molecule has 5 rings (SSSR count). The van der Waals surface area contributed by atoms with E-state index in [1.807, 2.05) is 18.2 Å². The number of fused-ring (bicyclic) bond motifs is 2. The number of hydrogen-bond donors (Lipinski definition) is 0. The topological polar surface area (TPSA) is 32.8 Å². The van der Waals surface area contributed by atoms with Crippen molar-refractivity contribution in [2.24, 2.45) is 11.8 Å². The van der Waals surface area contributed by atoms with Crippen LogP contribution in [0.2, 0.25) is 0 Å². The number of amides is 1. The fourth-order valence-electron chi connectivity index (χ4n) is 5.92. The zero-order chi connectivity index (χ0) is 19.7. The Balaban J connectivity index is 1.34. The number of carbonyl (C=O) groups excluding carboxylic acids is 1. The van der Waals surface area contributed by atoms with Gasteiger partial charge in [0.15, 0.2) is 0 Å². The van der Waals surface area contributed by atoms with Crippen molar-refractivity contribution in [3.8, 4) is 0 Å². The van der Waals surface area contributed by atoms with E-state index in [1.165, 1.54) is 5.56 Å². The maximum Gasteiger partial charge on any atom is 0.227 e. The van der Waals surface area contributed by atoms with E-state index in [0.29, 0.717) is 24.2 Å². The molecule has 3 saturated heterocycles. The van der Waals surface area contributed by atoms with Gasteiger partial charge in [-0.05, 0) is 29.9 Å². The first kappa shape index (κ1) is 18.8. The van der Waals surface area contributed by atoms with Crippen LogP contribution in [0.15, 0.2) is 60.7 Å². The highest BCUT2D eigenvalue weighted by Crippen LogP contribution is 2.49. The van der Waals surface area contributed by atoms with Crippen molar-refractivity contribution in [3.05, 3.63) is 71.8 Å². The molecule has 4 heteroatoms. The fourth-order valence-corrected chi connectivity index (χ4v) is 5.92. The zero-order valence-electron chi connectivity index (χ0n) is 17.0. The van der Waals surface area contributed by atoms with E-state index in [4.69, 9.17) is 4.74 Å². The normalized spacial score (nSPS) is 26.0. The van der Waals surface area contributed by atoms with E-state index in [1.54, 1.807) is 0 Å². The lowest BCUT2D eigenvalue weighted by molar-refractivity contribution is -0.140. The minimum absolute atomic E-state index is 0.0137. The first-order chi connectivity index (χ1) is 14.2. The average molecular weight is 391 g/mol.